The van der Waals surface area contributed by atoms with Crippen molar-refractivity contribution in [3.8, 4) is 5.75 Å². The van der Waals surface area contributed by atoms with Crippen molar-refractivity contribution in [2.45, 2.75) is 18.9 Å². The Morgan fingerprint density at radius 3 is 2.77 bits per heavy atom. The molecule has 0 bridgehead atoms. The molecule has 2 aromatic rings. The fraction of sp³-hybridized carbons (Fsp3) is 0.182. The van der Waals surface area contributed by atoms with E-state index >= 15 is 0 Å². The van der Waals surface area contributed by atoms with Crippen molar-refractivity contribution in [2.24, 2.45) is 0 Å². The van der Waals surface area contributed by atoms with Gasteiger partial charge < -0.3 is 9.68 Å². The highest BCUT2D eigenvalue weighted by Gasteiger charge is 2.30. The fourth-order valence-corrected chi connectivity index (χ4v) is 3.64. The minimum atomic E-state index is 0.0786. The van der Waals surface area contributed by atoms with Crippen LogP contribution in [-0.2, 0) is 11.3 Å². The molecule has 0 radical (unpaired) electrons. The molecule has 2 aromatic carbocycles. The number of rotatable bonds is 2. The summed E-state index contributed by atoms with van der Waals surface area (Å²) >= 11 is 0. The third-order valence-corrected chi connectivity index (χ3v) is 5.03. The maximum Gasteiger partial charge on any atom is 0.158 e. The first-order chi connectivity index (χ1) is 12.9. The highest BCUT2D eigenvalue weighted by Crippen LogP contribution is 2.30. The zero-order chi connectivity index (χ0) is 17.3. The number of para-hydroxylation sites is 1. The van der Waals surface area contributed by atoms with E-state index in [4.69, 9.17) is 9.68 Å². The number of hydrogen-bond acceptors (Lipinski definition) is 4. The van der Waals surface area contributed by atoms with Gasteiger partial charge in [0.2, 0.25) is 0 Å². The van der Waals surface area contributed by atoms with E-state index in [-0.39, 0.29) is 6.04 Å². The molecule has 130 valence electrons. The molecule has 4 heteroatoms. The van der Waals surface area contributed by atoms with Crippen molar-refractivity contribution in [2.75, 3.05) is 6.54 Å². The molecule has 1 aliphatic carbocycles. The number of hydrogen-bond donors (Lipinski definition) is 0. The van der Waals surface area contributed by atoms with Gasteiger partial charge in [-0.15, -0.1) is 0 Å². The summed E-state index contributed by atoms with van der Waals surface area (Å²) in [5.74, 6) is 0.938. The van der Waals surface area contributed by atoms with E-state index in [0.717, 1.165) is 41.3 Å². The maximum absolute atomic E-state index is 6.19. The molecule has 0 amide bonds. The normalized spacial score (nSPS) is 20.6. The summed E-state index contributed by atoms with van der Waals surface area (Å²) in [6.45, 7) is 0.835. The van der Waals surface area contributed by atoms with Crippen LogP contribution in [0.25, 0.3) is 12.5 Å². The largest absolute Gasteiger partial charge is 0.387 e. The molecule has 1 unspecified atom stereocenters. The molecule has 1 atom stereocenters. The third kappa shape index (κ3) is 2.64. The number of allylic oxidation sites excluding steroid dienone is 2. The van der Waals surface area contributed by atoms with Crippen LogP contribution < -0.4 is 15.3 Å². The summed E-state index contributed by atoms with van der Waals surface area (Å²) in [6, 6.07) is 16.6. The van der Waals surface area contributed by atoms with Crippen LogP contribution in [0.2, 0.25) is 0 Å². The molecule has 26 heavy (non-hydrogen) atoms. The first-order valence-electron chi connectivity index (χ1n) is 9.01. The minimum absolute atomic E-state index is 0.0786. The molecule has 4 nitrogen and oxygen atoms in total. The van der Waals surface area contributed by atoms with Crippen molar-refractivity contribution in [1.82, 2.24) is 10.1 Å². The van der Waals surface area contributed by atoms with Gasteiger partial charge in [-0.2, -0.15) is 0 Å². The quantitative estimate of drug-likeness (QED) is 0.836. The second-order valence-electron chi connectivity index (χ2n) is 6.66. The first-order valence-corrected chi connectivity index (χ1v) is 9.01. The smallest absolute Gasteiger partial charge is 0.158 e. The number of hydroxylamine groups is 4. The van der Waals surface area contributed by atoms with Gasteiger partial charge in [-0.25, -0.2) is 10.1 Å². The van der Waals surface area contributed by atoms with Crippen molar-refractivity contribution < 1.29 is 9.68 Å². The summed E-state index contributed by atoms with van der Waals surface area (Å²) in [4.78, 5) is 12.1. The maximum atomic E-state index is 6.19. The van der Waals surface area contributed by atoms with E-state index in [1.807, 2.05) is 34.6 Å². The van der Waals surface area contributed by atoms with Gasteiger partial charge in [0.15, 0.2) is 5.75 Å². The Hall–Kier alpha value is -3.14. The molecule has 0 N–H and O–H groups in total. The van der Waals surface area contributed by atoms with Crippen molar-refractivity contribution in [3.05, 3.63) is 88.5 Å². The van der Waals surface area contributed by atoms with E-state index in [0.29, 0.717) is 0 Å². The molecule has 2 heterocycles. The van der Waals surface area contributed by atoms with Crippen LogP contribution in [0.5, 0.6) is 5.75 Å². The minimum Gasteiger partial charge on any atom is -0.387 e. The first kappa shape index (κ1) is 15.1. The van der Waals surface area contributed by atoms with E-state index in [2.05, 4.69) is 54.8 Å². The highest BCUT2D eigenvalue weighted by atomic mass is 16.7. The zero-order valence-electron chi connectivity index (χ0n) is 14.4. The molecular formula is C22H20N2O2. The van der Waals surface area contributed by atoms with Gasteiger partial charge >= 0.3 is 0 Å². The van der Waals surface area contributed by atoms with Crippen LogP contribution in [0, 0.1) is 0 Å². The second kappa shape index (κ2) is 6.30. The Morgan fingerprint density at radius 2 is 1.81 bits per heavy atom. The second-order valence-corrected chi connectivity index (χ2v) is 6.66. The Kier molecular flexibility index (Phi) is 3.67. The lowest BCUT2D eigenvalue weighted by Gasteiger charge is -2.39. The van der Waals surface area contributed by atoms with E-state index in [1.165, 1.54) is 5.56 Å². The molecular weight excluding hydrogens is 324 g/mol. The summed E-state index contributed by atoms with van der Waals surface area (Å²) in [6.07, 6.45) is 12.1. The molecule has 2 aliphatic heterocycles. The standard InChI is InChI=1S/C22H20N2O2/c1-2-9-19-16-25-24(15-18(19)8-1)21-11-5-4-10-20(21)23-14-13-17-7-3-6-12-22(17)26-23/h1-10,12,15-16,21H,11,13-14H2. The van der Waals surface area contributed by atoms with Gasteiger partial charge in [-0.05, 0) is 30.5 Å². The van der Waals surface area contributed by atoms with Crippen LogP contribution >= 0.6 is 0 Å². The van der Waals surface area contributed by atoms with Gasteiger partial charge in [0.1, 0.15) is 12.3 Å². The molecule has 0 fully saturated rings. The summed E-state index contributed by atoms with van der Waals surface area (Å²) in [5.41, 5.74) is 2.38. The van der Waals surface area contributed by atoms with Gasteiger partial charge in [0, 0.05) is 16.6 Å². The highest BCUT2D eigenvalue weighted by molar-refractivity contribution is 5.37. The lowest BCUT2D eigenvalue weighted by Crippen LogP contribution is -2.45. The van der Waals surface area contributed by atoms with Crippen LogP contribution in [0.1, 0.15) is 12.0 Å². The van der Waals surface area contributed by atoms with Crippen LogP contribution in [0.15, 0.2) is 72.5 Å². The number of fused-ring (bicyclic) bond motifs is 2. The Balaban J connectivity index is 1.44. The van der Waals surface area contributed by atoms with Gasteiger partial charge in [0.25, 0.3) is 0 Å². The summed E-state index contributed by atoms with van der Waals surface area (Å²) in [5, 5.41) is 6.21. The molecule has 0 aromatic heterocycles. The van der Waals surface area contributed by atoms with E-state index in [9.17, 15) is 0 Å². The average molecular weight is 344 g/mol. The Bertz CT molecular complexity index is 1010. The van der Waals surface area contributed by atoms with Crippen molar-refractivity contribution in [3.63, 3.8) is 0 Å². The summed E-state index contributed by atoms with van der Waals surface area (Å²) < 4.78 is 0. The Labute approximate surface area is 152 Å². The molecule has 0 saturated carbocycles. The molecule has 0 saturated heterocycles. The predicted octanol–water partition coefficient (Wildman–Crippen LogP) is 2.47. The van der Waals surface area contributed by atoms with Crippen LogP contribution in [-0.4, -0.2) is 22.7 Å². The van der Waals surface area contributed by atoms with Crippen LogP contribution in [0.4, 0.5) is 0 Å². The topological polar surface area (TPSA) is 24.9 Å². The van der Waals surface area contributed by atoms with Gasteiger partial charge in [-0.1, -0.05) is 54.6 Å². The lowest BCUT2D eigenvalue weighted by molar-refractivity contribution is -0.0876. The lowest BCUT2D eigenvalue weighted by atomic mass is 10.0. The van der Waals surface area contributed by atoms with Crippen LogP contribution in [0.3, 0.4) is 0 Å². The number of benzene rings is 2. The van der Waals surface area contributed by atoms with Gasteiger partial charge in [0.05, 0.1) is 12.2 Å². The van der Waals surface area contributed by atoms with E-state index in [1.54, 1.807) is 0 Å². The number of nitrogens with zero attached hydrogens (tertiary/aromatic N) is 2. The van der Waals surface area contributed by atoms with E-state index < -0.39 is 0 Å². The fourth-order valence-electron chi connectivity index (χ4n) is 3.64. The third-order valence-electron chi connectivity index (χ3n) is 5.03. The molecule has 3 aliphatic rings. The molecule has 0 spiro atoms. The monoisotopic (exact) mass is 344 g/mol. The zero-order valence-corrected chi connectivity index (χ0v) is 14.4. The summed E-state index contributed by atoms with van der Waals surface area (Å²) in [7, 11) is 0. The predicted molar refractivity (Wildman–Crippen MR) is 101 cm³/mol. The van der Waals surface area contributed by atoms with Crippen molar-refractivity contribution in [1.29, 1.82) is 0 Å². The van der Waals surface area contributed by atoms with Crippen molar-refractivity contribution >= 4 is 12.5 Å². The molecule has 5 rings (SSSR count). The Morgan fingerprint density at radius 1 is 0.962 bits per heavy atom. The SMILES string of the molecule is C1=CCC(N2C=c3ccccc3=CO2)C(N2CCc3ccccc3O2)=C1. The average Bonchev–Trinajstić information content (AvgIpc) is 2.73. The van der Waals surface area contributed by atoms with Gasteiger partial charge in [-0.3, -0.25) is 0 Å².